The van der Waals surface area contributed by atoms with Crippen molar-refractivity contribution in [3.63, 3.8) is 0 Å². The van der Waals surface area contributed by atoms with Crippen molar-refractivity contribution in [2.75, 3.05) is 0 Å². The first-order valence-corrected chi connectivity index (χ1v) is 8.59. The average Bonchev–Trinajstić information content (AvgIpc) is 2.36. The molecule has 2 N–H and O–H groups in total. The van der Waals surface area contributed by atoms with Crippen LogP contribution in [0.1, 0.15) is 73.1 Å². The minimum atomic E-state index is -0.871. The Labute approximate surface area is 136 Å². The fourth-order valence-electron chi connectivity index (χ4n) is 3.11. The van der Waals surface area contributed by atoms with Crippen LogP contribution in [0.5, 0.6) is 0 Å². The molecule has 2 nitrogen and oxygen atoms in total. The Morgan fingerprint density at radius 2 is 1.41 bits per heavy atom. The summed E-state index contributed by atoms with van der Waals surface area (Å²) in [5.74, 6) is -0.133. The zero-order chi connectivity index (χ0) is 16.8. The molecular formula is C20H34O2. The third-order valence-electron chi connectivity index (χ3n) is 4.69. The first kappa shape index (κ1) is 19.2. The van der Waals surface area contributed by atoms with E-state index in [2.05, 4.69) is 32.9 Å². The molecule has 0 unspecified atom stereocenters. The van der Waals surface area contributed by atoms with E-state index in [0.29, 0.717) is 0 Å². The molecule has 22 heavy (non-hydrogen) atoms. The summed E-state index contributed by atoms with van der Waals surface area (Å²) in [6.07, 6.45) is 11.9. The molecule has 2 heteroatoms. The molecule has 126 valence electrons. The Balaban J connectivity index is 2.96. The summed E-state index contributed by atoms with van der Waals surface area (Å²) in [5, 5.41) is 21.0. The molecule has 0 bridgehead atoms. The second-order valence-electron chi connectivity index (χ2n) is 7.48. The zero-order valence-corrected chi connectivity index (χ0v) is 15.0. The van der Waals surface area contributed by atoms with E-state index < -0.39 is 11.7 Å². The molecule has 0 fully saturated rings. The monoisotopic (exact) mass is 306 g/mol. The molecule has 2 atom stereocenters. The van der Waals surface area contributed by atoms with Crippen molar-refractivity contribution in [2.24, 2.45) is 5.92 Å². The Morgan fingerprint density at radius 1 is 0.909 bits per heavy atom. The molecule has 0 aliphatic heterocycles. The summed E-state index contributed by atoms with van der Waals surface area (Å²) in [6.45, 7) is 10.0. The minimum absolute atomic E-state index is 0.133. The van der Waals surface area contributed by atoms with Crippen LogP contribution < -0.4 is 0 Å². The van der Waals surface area contributed by atoms with E-state index in [1.807, 2.05) is 6.08 Å². The molecule has 0 saturated heterocycles. The van der Waals surface area contributed by atoms with E-state index in [1.54, 1.807) is 13.8 Å². The third kappa shape index (κ3) is 6.93. The smallest absolute Gasteiger partial charge is 0.0778 e. The zero-order valence-electron chi connectivity index (χ0n) is 15.0. The molecular weight excluding hydrogens is 272 g/mol. The van der Waals surface area contributed by atoms with Crippen molar-refractivity contribution < 1.29 is 10.2 Å². The normalized spacial score (nSPS) is 33.7. The van der Waals surface area contributed by atoms with Gasteiger partial charge in [-0.25, -0.2) is 0 Å². The third-order valence-corrected chi connectivity index (χ3v) is 4.69. The van der Waals surface area contributed by atoms with Gasteiger partial charge in [-0.1, -0.05) is 34.9 Å². The van der Waals surface area contributed by atoms with Gasteiger partial charge in [0, 0.05) is 5.92 Å². The maximum absolute atomic E-state index is 10.6. The Bertz CT molecular complexity index is 435. The van der Waals surface area contributed by atoms with E-state index in [9.17, 15) is 10.2 Å². The lowest BCUT2D eigenvalue weighted by Gasteiger charge is -2.32. The van der Waals surface area contributed by atoms with Crippen molar-refractivity contribution in [3.05, 3.63) is 34.9 Å². The first-order valence-electron chi connectivity index (χ1n) is 8.59. The lowest BCUT2D eigenvalue weighted by atomic mass is 9.81. The van der Waals surface area contributed by atoms with Crippen LogP contribution in [0.15, 0.2) is 34.9 Å². The fourth-order valence-corrected chi connectivity index (χ4v) is 3.11. The number of rotatable bonds is 1. The van der Waals surface area contributed by atoms with Crippen LogP contribution in [0, 0.1) is 5.92 Å². The van der Waals surface area contributed by atoms with E-state index in [1.165, 1.54) is 16.7 Å². The topological polar surface area (TPSA) is 40.5 Å². The molecule has 0 saturated carbocycles. The van der Waals surface area contributed by atoms with Gasteiger partial charge in [0.15, 0.2) is 0 Å². The summed E-state index contributed by atoms with van der Waals surface area (Å²) in [7, 11) is 0. The van der Waals surface area contributed by atoms with Gasteiger partial charge in [0.05, 0.1) is 11.7 Å². The van der Waals surface area contributed by atoms with Crippen LogP contribution in [0.25, 0.3) is 0 Å². The highest BCUT2D eigenvalue weighted by molar-refractivity contribution is 5.10. The van der Waals surface area contributed by atoms with E-state index >= 15 is 0 Å². The lowest BCUT2D eigenvalue weighted by molar-refractivity contribution is -0.0345. The summed E-state index contributed by atoms with van der Waals surface area (Å²) in [6, 6.07) is 0. The van der Waals surface area contributed by atoms with Crippen LogP contribution in [0.4, 0.5) is 0 Å². The molecule has 0 aromatic carbocycles. The van der Waals surface area contributed by atoms with Crippen molar-refractivity contribution in [3.8, 4) is 0 Å². The van der Waals surface area contributed by atoms with Gasteiger partial charge < -0.3 is 10.2 Å². The van der Waals surface area contributed by atoms with E-state index in [4.69, 9.17) is 0 Å². The van der Waals surface area contributed by atoms with Gasteiger partial charge in [0.1, 0.15) is 0 Å². The molecule has 0 spiro atoms. The summed E-state index contributed by atoms with van der Waals surface area (Å²) >= 11 is 0. The highest BCUT2D eigenvalue weighted by Crippen LogP contribution is 2.29. The fraction of sp³-hybridized carbons (Fsp3) is 0.700. The Morgan fingerprint density at radius 3 is 1.95 bits per heavy atom. The molecule has 1 rings (SSSR count). The van der Waals surface area contributed by atoms with Gasteiger partial charge in [0.25, 0.3) is 0 Å². The van der Waals surface area contributed by atoms with Gasteiger partial charge in [-0.2, -0.15) is 0 Å². The SMILES string of the molecule is C/C1=C/CC/C(C)=C/[C@H](O)[C@@H](C(C)(C)O)CC/C(C)=C\CC1. The van der Waals surface area contributed by atoms with Crippen LogP contribution >= 0.6 is 0 Å². The summed E-state index contributed by atoms with van der Waals surface area (Å²) in [5.41, 5.74) is 3.13. The number of aliphatic hydroxyl groups excluding tert-OH is 1. The van der Waals surface area contributed by atoms with Gasteiger partial charge in [-0.3, -0.25) is 0 Å². The van der Waals surface area contributed by atoms with Gasteiger partial charge in [-0.05, 0) is 73.1 Å². The van der Waals surface area contributed by atoms with Crippen molar-refractivity contribution in [2.45, 2.75) is 84.8 Å². The predicted octanol–water partition coefficient (Wildman–Crippen LogP) is 4.93. The molecule has 0 aromatic heterocycles. The van der Waals surface area contributed by atoms with Gasteiger partial charge >= 0.3 is 0 Å². The quantitative estimate of drug-likeness (QED) is 0.674. The molecule has 1 aliphatic carbocycles. The van der Waals surface area contributed by atoms with Crippen LogP contribution in [-0.2, 0) is 0 Å². The van der Waals surface area contributed by atoms with E-state index in [0.717, 1.165) is 38.5 Å². The second kappa shape index (κ2) is 8.69. The maximum Gasteiger partial charge on any atom is 0.0778 e. The standard InChI is InChI=1S/C20H34O2/c1-15-8-6-10-16(2)12-13-18(20(4,5)22)19(21)14-17(3)11-7-9-15/h9-10,14,18-19,21-22H,6-8,11-13H2,1-5H3/b15-9-,16-10-,17-14+/t18-,19-/m0/s1. The Hall–Kier alpha value is -0.860. The van der Waals surface area contributed by atoms with Crippen LogP contribution in [0.3, 0.4) is 0 Å². The number of allylic oxidation sites excluding steroid dienone is 5. The molecule has 0 aromatic rings. The van der Waals surface area contributed by atoms with E-state index in [-0.39, 0.29) is 5.92 Å². The van der Waals surface area contributed by atoms with Crippen LogP contribution in [-0.4, -0.2) is 21.9 Å². The first-order chi connectivity index (χ1) is 10.2. The molecule has 0 heterocycles. The summed E-state index contributed by atoms with van der Waals surface area (Å²) < 4.78 is 0. The number of aliphatic hydroxyl groups is 2. The number of hydrogen-bond acceptors (Lipinski definition) is 2. The largest absolute Gasteiger partial charge is 0.390 e. The predicted molar refractivity (Wildman–Crippen MR) is 94.8 cm³/mol. The highest BCUT2D eigenvalue weighted by atomic mass is 16.3. The van der Waals surface area contributed by atoms with Crippen LogP contribution in [0.2, 0.25) is 0 Å². The maximum atomic E-state index is 10.6. The Kier molecular flexibility index (Phi) is 7.58. The average molecular weight is 306 g/mol. The van der Waals surface area contributed by atoms with Gasteiger partial charge in [0.2, 0.25) is 0 Å². The van der Waals surface area contributed by atoms with Gasteiger partial charge in [-0.15, -0.1) is 0 Å². The summed E-state index contributed by atoms with van der Waals surface area (Å²) in [4.78, 5) is 0. The molecule has 1 aliphatic rings. The second-order valence-corrected chi connectivity index (χ2v) is 7.48. The molecule has 0 radical (unpaired) electrons. The van der Waals surface area contributed by atoms with Crippen molar-refractivity contribution in [1.82, 2.24) is 0 Å². The highest BCUT2D eigenvalue weighted by Gasteiger charge is 2.31. The lowest BCUT2D eigenvalue weighted by Crippen LogP contribution is -2.38. The number of hydrogen-bond donors (Lipinski definition) is 2. The minimum Gasteiger partial charge on any atom is -0.390 e. The van der Waals surface area contributed by atoms with Crippen molar-refractivity contribution >= 4 is 0 Å². The molecule has 0 amide bonds. The van der Waals surface area contributed by atoms with Crippen molar-refractivity contribution in [1.29, 1.82) is 0 Å².